The number of hydrogen-bond donors (Lipinski definition) is 1. The quantitative estimate of drug-likeness (QED) is 0.767. The van der Waals surface area contributed by atoms with Crippen LogP contribution in [0.5, 0.6) is 17.2 Å². The Bertz CT molecular complexity index is 795. The van der Waals surface area contributed by atoms with E-state index in [0.29, 0.717) is 42.8 Å². The lowest BCUT2D eigenvalue weighted by molar-refractivity contribution is 0.189. The van der Waals surface area contributed by atoms with E-state index < -0.39 is 0 Å². The van der Waals surface area contributed by atoms with Crippen molar-refractivity contribution < 1.29 is 19.0 Å². The molecule has 2 aromatic rings. The van der Waals surface area contributed by atoms with Gasteiger partial charge in [-0.3, -0.25) is 0 Å². The minimum atomic E-state index is -0.102. The second kappa shape index (κ2) is 8.86. The maximum Gasteiger partial charge on any atom is 0.317 e. The van der Waals surface area contributed by atoms with Gasteiger partial charge in [0.25, 0.3) is 0 Å². The third kappa shape index (κ3) is 4.77. The van der Waals surface area contributed by atoms with Gasteiger partial charge in [0.1, 0.15) is 12.4 Å². The van der Waals surface area contributed by atoms with Crippen LogP contribution < -0.4 is 19.5 Å². The lowest BCUT2D eigenvalue weighted by Crippen LogP contribution is -2.43. The van der Waals surface area contributed by atoms with Crippen molar-refractivity contribution in [2.75, 3.05) is 33.9 Å². The van der Waals surface area contributed by atoms with E-state index in [1.165, 1.54) is 5.56 Å². The Morgan fingerprint density at radius 3 is 2.44 bits per heavy atom. The average molecular weight is 391 g/mol. The molecular formula is C20H23ClN2O4. The van der Waals surface area contributed by atoms with Crippen LogP contribution in [0.2, 0.25) is 5.02 Å². The fourth-order valence-corrected chi connectivity index (χ4v) is 3.15. The SMILES string of the molecule is COc1cc2c(cc1OC)CN(C(=O)NCCOc1ccc(Cl)cc1)CC2. The molecule has 1 N–H and O–H groups in total. The molecule has 0 fully saturated rings. The number of halogens is 1. The molecule has 2 amide bonds. The van der Waals surface area contributed by atoms with E-state index in [0.717, 1.165) is 17.7 Å². The minimum absolute atomic E-state index is 0.102. The molecule has 6 nitrogen and oxygen atoms in total. The van der Waals surface area contributed by atoms with Crippen LogP contribution in [0.3, 0.4) is 0 Å². The van der Waals surface area contributed by atoms with Gasteiger partial charge in [-0.15, -0.1) is 0 Å². The van der Waals surface area contributed by atoms with Crippen LogP contribution in [0.1, 0.15) is 11.1 Å². The molecule has 0 saturated heterocycles. The fourth-order valence-electron chi connectivity index (χ4n) is 3.03. The summed E-state index contributed by atoms with van der Waals surface area (Å²) in [4.78, 5) is 14.2. The molecule has 1 aliphatic rings. The van der Waals surface area contributed by atoms with Crippen molar-refractivity contribution in [1.82, 2.24) is 10.2 Å². The molecule has 0 spiro atoms. The number of carbonyl (C=O) groups excluding carboxylic acids is 1. The van der Waals surface area contributed by atoms with E-state index in [1.807, 2.05) is 12.1 Å². The largest absolute Gasteiger partial charge is 0.493 e. The van der Waals surface area contributed by atoms with Gasteiger partial charge in [0.05, 0.1) is 20.8 Å². The number of nitrogens with one attached hydrogen (secondary N) is 1. The number of nitrogens with zero attached hydrogens (tertiary/aromatic N) is 1. The van der Waals surface area contributed by atoms with Crippen molar-refractivity contribution in [3.63, 3.8) is 0 Å². The summed E-state index contributed by atoms with van der Waals surface area (Å²) in [5.41, 5.74) is 2.26. The van der Waals surface area contributed by atoms with E-state index in [4.69, 9.17) is 25.8 Å². The zero-order chi connectivity index (χ0) is 19.2. The maximum absolute atomic E-state index is 12.4. The van der Waals surface area contributed by atoms with E-state index in [2.05, 4.69) is 5.32 Å². The van der Waals surface area contributed by atoms with Crippen LogP contribution in [0.15, 0.2) is 36.4 Å². The highest BCUT2D eigenvalue weighted by molar-refractivity contribution is 6.30. The normalized spacial score (nSPS) is 12.9. The molecule has 2 aromatic carbocycles. The van der Waals surface area contributed by atoms with Gasteiger partial charge in [-0.25, -0.2) is 4.79 Å². The highest BCUT2D eigenvalue weighted by Crippen LogP contribution is 2.33. The molecule has 0 bridgehead atoms. The summed E-state index contributed by atoms with van der Waals surface area (Å²) in [6, 6.07) is 11.0. The van der Waals surface area contributed by atoms with Crippen molar-refractivity contribution >= 4 is 17.6 Å². The van der Waals surface area contributed by atoms with Gasteiger partial charge in [0.15, 0.2) is 11.5 Å². The lowest BCUT2D eigenvalue weighted by atomic mass is 9.99. The van der Waals surface area contributed by atoms with Gasteiger partial charge in [0, 0.05) is 18.1 Å². The fraction of sp³-hybridized carbons (Fsp3) is 0.350. The van der Waals surface area contributed by atoms with E-state index in [-0.39, 0.29) is 6.03 Å². The Labute approximate surface area is 164 Å². The third-order valence-electron chi connectivity index (χ3n) is 4.47. The number of amides is 2. The minimum Gasteiger partial charge on any atom is -0.493 e. The Hall–Kier alpha value is -2.60. The third-order valence-corrected chi connectivity index (χ3v) is 4.72. The predicted molar refractivity (Wildman–Crippen MR) is 104 cm³/mol. The van der Waals surface area contributed by atoms with Crippen LogP contribution in [-0.4, -0.2) is 44.8 Å². The topological polar surface area (TPSA) is 60.0 Å². The molecule has 0 aromatic heterocycles. The van der Waals surface area contributed by atoms with Crippen molar-refractivity contribution in [2.45, 2.75) is 13.0 Å². The molecular weight excluding hydrogens is 368 g/mol. The molecule has 0 aliphatic carbocycles. The number of benzene rings is 2. The first kappa shape index (κ1) is 19.2. The molecule has 0 atom stereocenters. The first-order valence-electron chi connectivity index (χ1n) is 8.75. The Kier molecular flexibility index (Phi) is 6.29. The van der Waals surface area contributed by atoms with Gasteiger partial charge in [-0.05, 0) is 53.9 Å². The summed E-state index contributed by atoms with van der Waals surface area (Å²) in [6.45, 7) is 2.02. The monoisotopic (exact) mass is 390 g/mol. The molecule has 0 unspecified atom stereocenters. The van der Waals surface area contributed by atoms with Crippen LogP contribution in [0.4, 0.5) is 4.79 Å². The zero-order valence-corrected chi connectivity index (χ0v) is 16.2. The Morgan fingerprint density at radius 1 is 1.11 bits per heavy atom. The molecule has 7 heteroatoms. The molecule has 3 rings (SSSR count). The number of hydrogen-bond acceptors (Lipinski definition) is 4. The van der Waals surface area contributed by atoms with Crippen LogP contribution in [-0.2, 0) is 13.0 Å². The van der Waals surface area contributed by atoms with Crippen molar-refractivity contribution in [3.8, 4) is 17.2 Å². The van der Waals surface area contributed by atoms with Gasteiger partial charge in [-0.1, -0.05) is 11.6 Å². The second-order valence-corrected chi connectivity index (χ2v) is 6.62. The highest BCUT2D eigenvalue weighted by atomic mass is 35.5. The van der Waals surface area contributed by atoms with Crippen molar-refractivity contribution in [3.05, 3.63) is 52.5 Å². The van der Waals surface area contributed by atoms with Crippen LogP contribution >= 0.6 is 11.6 Å². The molecule has 144 valence electrons. The second-order valence-electron chi connectivity index (χ2n) is 6.18. The van der Waals surface area contributed by atoms with E-state index in [9.17, 15) is 4.79 Å². The summed E-state index contributed by atoms with van der Waals surface area (Å²) < 4.78 is 16.3. The zero-order valence-electron chi connectivity index (χ0n) is 15.5. The summed E-state index contributed by atoms with van der Waals surface area (Å²) in [7, 11) is 3.23. The number of ether oxygens (including phenoxy) is 3. The van der Waals surface area contributed by atoms with E-state index >= 15 is 0 Å². The van der Waals surface area contributed by atoms with Gasteiger partial charge >= 0.3 is 6.03 Å². The maximum atomic E-state index is 12.4. The molecule has 0 radical (unpaired) electrons. The van der Waals surface area contributed by atoms with Crippen molar-refractivity contribution in [1.29, 1.82) is 0 Å². The van der Waals surface area contributed by atoms with Crippen LogP contribution in [0, 0.1) is 0 Å². The Morgan fingerprint density at radius 2 is 1.78 bits per heavy atom. The number of carbonyl (C=O) groups is 1. The van der Waals surface area contributed by atoms with Crippen molar-refractivity contribution in [2.24, 2.45) is 0 Å². The smallest absolute Gasteiger partial charge is 0.317 e. The number of fused-ring (bicyclic) bond motifs is 1. The lowest BCUT2D eigenvalue weighted by Gasteiger charge is -2.29. The number of rotatable bonds is 6. The molecule has 1 aliphatic heterocycles. The summed E-state index contributed by atoms with van der Waals surface area (Å²) in [5.74, 6) is 2.12. The van der Waals surface area contributed by atoms with Crippen LogP contribution in [0.25, 0.3) is 0 Å². The number of urea groups is 1. The summed E-state index contributed by atoms with van der Waals surface area (Å²) in [6.07, 6.45) is 0.782. The predicted octanol–water partition coefficient (Wildman–Crippen LogP) is 3.50. The average Bonchev–Trinajstić information content (AvgIpc) is 2.70. The molecule has 27 heavy (non-hydrogen) atoms. The summed E-state index contributed by atoms with van der Waals surface area (Å²) >= 11 is 5.84. The van der Waals surface area contributed by atoms with Gasteiger partial charge in [0.2, 0.25) is 0 Å². The first-order chi connectivity index (χ1) is 13.1. The highest BCUT2D eigenvalue weighted by Gasteiger charge is 2.22. The summed E-state index contributed by atoms with van der Waals surface area (Å²) in [5, 5.41) is 3.56. The Balaban J connectivity index is 1.50. The van der Waals surface area contributed by atoms with Gasteiger partial charge in [-0.2, -0.15) is 0 Å². The van der Waals surface area contributed by atoms with E-state index in [1.54, 1.807) is 43.4 Å². The van der Waals surface area contributed by atoms with Gasteiger partial charge < -0.3 is 24.4 Å². The molecule has 1 heterocycles. The number of methoxy groups -OCH3 is 2. The molecule has 0 saturated carbocycles. The first-order valence-corrected chi connectivity index (χ1v) is 9.13. The standard InChI is InChI=1S/C20H23ClN2O4/c1-25-18-11-14-7-9-23(13-15(14)12-19(18)26-2)20(24)22-8-10-27-17-5-3-16(21)4-6-17/h3-6,11-12H,7-10,13H2,1-2H3,(H,22,24).